The van der Waals surface area contributed by atoms with Crippen LogP contribution in [0, 0.1) is 13.8 Å². The molecule has 0 atom stereocenters. The second-order valence-corrected chi connectivity index (χ2v) is 7.28. The van der Waals surface area contributed by atoms with Gasteiger partial charge in [-0.2, -0.15) is 0 Å². The third-order valence-electron chi connectivity index (χ3n) is 4.50. The van der Waals surface area contributed by atoms with E-state index < -0.39 is 0 Å². The SMILES string of the molecule is Cc1ccc(CN2CCCN(C(=O)c3cccs3)CC2)c(C)c1. The molecule has 1 aromatic carbocycles. The smallest absolute Gasteiger partial charge is 0.263 e. The second kappa shape index (κ2) is 7.28. The highest BCUT2D eigenvalue weighted by Gasteiger charge is 2.21. The van der Waals surface area contributed by atoms with E-state index in [0.29, 0.717) is 0 Å². The lowest BCUT2D eigenvalue weighted by molar-refractivity contribution is 0.0766. The lowest BCUT2D eigenvalue weighted by atomic mass is 10.1. The fourth-order valence-electron chi connectivity index (χ4n) is 3.15. The zero-order chi connectivity index (χ0) is 16.2. The van der Waals surface area contributed by atoms with E-state index in [1.54, 1.807) is 0 Å². The van der Waals surface area contributed by atoms with Crippen molar-refractivity contribution in [3.8, 4) is 0 Å². The van der Waals surface area contributed by atoms with Gasteiger partial charge in [0.05, 0.1) is 4.88 Å². The van der Waals surface area contributed by atoms with E-state index in [-0.39, 0.29) is 5.91 Å². The molecule has 0 unspecified atom stereocenters. The number of benzene rings is 1. The molecule has 23 heavy (non-hydrogen) atoms. The lowest BCUT2D eigenvalue weighted by Gasteiger charge is -2.22. The van der Waals surface area contributed by atoms with Crippen molar-refractivity contribution in [3.63, 3.8) is 0 Å². The van der Waals surface area contributed by atoms with Crippen molar-refractivity contribution in [1.29, 1.82) is 0 Å². The fourth-order valence-corrected chi connectivity index (χ4v) is 3.84. The summed E-state index contributed by atoms with van der Waals surface area (Å²) in [7, 11) is 0. The van der Waals surface area contributed by atoms with Gasteiger partial charge in [-0.15, -0.1) is 11.3 Å². The summed E-state index contributed by atoms with van der Waals surface area (Å²) >= 11 is 1.53. The van der Waals surface area contributed by atoms with E-state index in [0.717, 1.165) is 44.0 Å². The Morgan fingerprint density at radius 2 is 2.00 bits per heavy atom. The first kappa shape index (κ1) is 16.2. The maximum Gasteiger partial charge on any atom is 0.263 e. The summed E-state index contributed by atoms with van der Waals surface area (Å²) in [5.74, 6) is 0.188. The minimum absolute atomic E-state index is 0.188. The van der Waals surface area contributed by atoms with Gasteiger partial charge in [-0.1, -0.05) is 29.8 Å². The van der Waals surface area contributed by atoms with Crippen molar-refractivity contribution in [1.82, 2.24) is 9.80 Å². The number of thiophene rings is 1. The molecule has 0 bridgehead atoms. The summed E-state index contributed by atoms with van der Waals surface area (Å²) in [6, 6.07) is 10.5. The van der Waals surface area contributed by atoms with Gasteiger partial charge < -0.3 is 4.90 Å². The van der Waals surface area contributed by atoms with E-state index >= 15 is 0 Å². The first-order chi connectivity index (χ1) is 11.1. The lowest BCUT2D eigenvalue weighted by Crippen LogP contribution is -2.34. The number of carbonyl (C=O) groups is 1. The number of hydrogen-bond donors (Lipinski definition) is 0. The molecule has 3 rings (SSSR count). The maximum absolute atomic E-state index is 12.5. The van der Waals surface area contributed by atoms with Crippen molar-refractivity contribution >= 4 is 17.2 Å². The Balaban J connectivity index is 1.61. The number of rotatable bonds is 3. The van der Waals surface area contributed by atoms with Gasteiger partial charge in [-0.25, -0.2) is 0 Å². The van der Waals surface area contributed by atoms with Crippen molar-refractivity contribution in [2.45, 2.75) is 26.8 Å². The molecular weight excluding hydrogens is 304 g/mol. The molecule has 1 aliphatic heterocycles. The molecule has 1 saturated heterocycles. The van der Waals surface area contributed by atoms with Gasteiger partial charge in [0.1, 0.15) is 0 Å². The van der Waals surface area contributed by atoms with Gasteiger partial charge in [0.2, 0.25) is 0 Å². The molecule has 1 aliphatic rings. The van der Waals surface area contributed by atoms with Crippen LogP contribution in [0.3, 0.4) is 0 Å². The Morgan fingerprint density at radius 1 is 1.13 bits per heavy atom. The molecule has 2 aromatic rings. The average molecular weight is 328 g/mol. The summed E-state index contributed by atoms with van der Waals surface area (Å²) in [6.45, 7) is 8.99. The third-order valence-corrected chi connectivity index (χ3v) is 5.36. The van der Waals surface area contributed by atoms with Crippen molar-refractivity contribution in [2.24, 2.45) is 0 Å². The molecule has 2 heterocycles. The van der Waals surface area contributed by atoms with Crippen LogP contribution < -0.4 is 0 Å². The van der Waals surface area contributed by atoms with Gasteiger partial charge in [0.15, 0.2) is 0 Å². The molecule has 4 heteroatoms. The summed E-state index contributed by atoms with van der Waals surface area (Å²) in [5.41, 5.74) is 4.07. The standard InChI is InChI=1S/C19H24N2OS/c1-15-6-7-17(16(2)13-15)14-20-8-4-9-21(11-10-20)19(22)18-5-3-12-23-18/h3,5-7,12-13H,4,8-11,14H2,1-2H3. The largest absolute Gasteiger partial charge is 0.337 e. The molecule has 0 N–H and O–H groups in total. The van der Waals surface area contributed by atoms with Crippen LogP contribution in [0.1, 0.15) is 32.8 Å². The van der Waals surface area contributed by atoms with E-state index in [4.69, 9.17) is 0 Å². The van der Waals surface area contributed by atoms with Gasteiger partial charge in [0, 0.05) is 32.7 Å². The Morgan fingerprint density at radius 3 is 2.74 bits per heavy atom. The number of hydrogen-bond acceptors (Lipinski definition) is 3. The predicted molar refractivity (Wildman–Crippen MR) is 96.0 cm³/mol. The quantitative estimate of drug-likeness (QED) is 0.857. The molecule has 1 fully saturated rings. The second-order valence-electron chi connectivity index (χ2n) is 6.33. The molecule has 0 spiro atoms. The summed E-state index contributed by atoms with van der Waals surface area (Å²) in [5, 5.41) is 1.97. The summed E-state index contributed by atoms with van der Waals surface area (Å²) in [4.78, 5) is 17.8. The fraction of sp³-hybridized carbons (Fsp3) is 0.421. The molecule has 1 amide bonds. The highest BCUT2D eigenvalue weighted by molar-refractivity contribution is 7.12. The van der Waals surface area contributed by atoms with Crippen LogP contribution in [0.5, 0.6) is 0 Å². The van der Waals surface area contributed by atoms with E-state index in [9.17, 15) is 4.79 Å². The van der Waals surface area contributed by atoms with Crippen LogP contribution in [0.4, 0.5) is 0 Å². The highest BCUT2D eigenvalue weighted by Crippen LogP contribution is 2.17. The van der Waals surface area contributed by atoms with Crippen molar-refractivity contribution in [2.75, 3.05) is 26.2 Å². The average Bonchev–Trinajstić information content (AvgIpc) is 2.96. The van der Waals surface area contributed by atoms with Crippen LogP contribution >= 0.6 is 11.3 Å². The van der Waals surface area contributed by atoms with E-state index in [1.807, 2.05) is 22.4 Å². The van der Waals surface area contributed by atoms with E-state index in [1.165, 1.54) is 28.0 Å². The van der Waals surface area contributed by atoms with Crippen LogP contribution in [0.25, 0.3) is 0 Å². The van der Waals surface area contributed by atoms with E-state index in [2.05, 4.69) is 36.9 Å². The first-order valence-electron chi connectivity index (χ1n) is 8.25. The van der Waals surface area contributed by atoms with Crippen molar-refractivity contribution in [3.05, 3.63) is 57.3 Å². The van der Waals surface area contributed by atoms with Gasteiger partial charge in [-0.05, 0) is 42.8 Å². The minimum Gasteiger partial charge on any atom is -0.337 e. The zero-order valence-corrected chi connectivity index (χ0v) is 14.7. The van der Waals surface area contributed by atoms with Crippen LogP contribution in [0.2, 0.25) is 0 Å². The molecule has 1 aromatic heterocycles. The van der Waals surface area contributed by atoms with Gasteiger partial charge in [-0.3, -0.25) is 9.69 Å². The molecule has 0 saturated carbocycles. The molecule has 0 aliphatic carbocycles. The summed E-state index contributed by atoms with van der Waals surface area (Å²) in [6.07, 6.45) is 1.04. The van der Waals surface area contributed by atoms with Crippen LogP contribution in [-0.2, 0) is 6.54 Å². The number of carbonyl (C=O) groups excluding carboxylic acids is 1. The molecule has 0 radical (unpaired) electrons. The normalized spacial score (nSPS) is 16.3. The number of amides is 1. The van der Waals surface area contributed by atoms with Crippen LogP contribution in [0.15, 0.2) is 35.7 Å². The minimum atomic E-state index is 0.188. The Labute approximate surface area is 142 Å². The van der Waals surface area contributed by atoms with Gasteiger partial charge >= 0.3 is 0 Å². The summed E-state index contributed by atoms with van der Waals surface area (Å²) < 4.78 is 0. The predicted octanol–water partition coefficient (Wildman–Crippen LogP) is 3.71. The third kappa shape index (κ3) is 4.01. The molecule has 3 nitrogen and oxygen atoms in total. The van der Waals surface area contributed by atoms with Crippen LogP contribution in [-0.4, -0.2) is 41.9 Å². The Bertz CT molecular complexity index is 666. The Hall–Kier alpha value is -1.65. The van der Waals surface area contributed by atoms with Crippen molar-refractivity contribution < 1.29 is 4.79 Å². The number of aryl methyl sites for hydroxylation is 2. The molecular formula is C19H24N2OS. The Kier molecular flexibility index (Phi) is 5.13. The zero-order valence-electron chi connectivity index (χ0n) is 13.9. The monoisotopic (exact) mass is 328 g/mol. The van der Waals surface area contributed by atoms with Gasteiger partial charge in [0.25, 0.3) is 5.91 Å². The molecule has 122 valence electrons. The first-order valence-corrected chi connectivity index (χ1v) is 9.13. The number of nitrogens with zero attached hydrogens (tertiary/aromatic N) is 2. The maximum atomic E-state index is 12.5. The topological polar surface area (TPSA) is 23.6 Å². The highest BCUT2D eigenvalue weighted by atomic mass is 32.1.